The zero-order chi connectivity index (χ0) is 11.4. The Balaban J connectivity index is 2.99. The third-order valence-electron chi connectivity index (χ3n) is 2.19. The van der Waals surface area contributed by atoms with Crippen molar-refractivity contribution in [3.05, 3.63) is 29.3 Å². The first-order chi connectivity index (χ1) is 7.04. The van der Waals surface area contributed by atoms with E-state index in [0.29, 0.717) is 11.5 Å². The van der Waals surface area contributed by atoms with Crippen LogP contribution in [0, 0.1) is 5.92 Å². The van der Waals surface area contributed by atoms with Gasteiger partial charge in [0.1, 0.15) is 0 Å². The third-order valence-corrected chi connectivity index (χ3v) is 2.19. The zero-order valence-corrected chi connectivity index (χ0v) is 9.41. The van der Waals surface area contributed by atoms with E-state index in [1.807, 2.05) is 0 Å². The number of anilines is 1. The summed E-state index contributed by atoms with van der Waals surface area (Å²) in [5, 5.41) is 0. The number of hydrogen-bond acceptors (Lipinski definition) is 3. The Labute approximate surface area is 90.2 Å². The fraction of sp³-hybridized carbons (Fsp3) is 0.417. The lowest BCUT2D eigenvalue weighted by Crippen LogP contribution is -2.05. The summed E-state index contributed by atoms with van der Waals surface area (Å²) >= 11 is 0. The normalized spacial score (nSPS) is 10.4. The number of methoxy groups -OCH3 is 1. The standard InChI is InChI=1S/C12H17NO2/c1-8(2)6-10-7-9(12(14)15-3)4-5-11(10)13/h4-5,7-8H,6,13H2,1-3H3. The second-order valence-electron chi connectivity index (χ2n) is 4.00. The molecule has 0 aliphatic heterocycles. The molecule has 1 rings (SSSR count). The van der Waals surface area contributed by atoms with Crippen LogP contribution in [0.4, 0.5) is 5.69 Å². The van der Waals surface area contributed by atoms with Crippen LogP contribution >= 0.6 is 0 Å². The zero-order valence-electron chi connectivity index (χ0n) is 9.41. The van der Waals surface area contributed by atoms with Crippen LogP contribution < -0.4 is 5.73 Å². The van der Waals surface area contributed by atoms with Crippen LogP contribution in [0.3, 0.4) is 0 Å². The predicted octanol–water partition coefficient (Wildman–Crippen LogP) is 2.25. The molecule has 0 amide bonds. The third kappa shape index (κ3) is 2.98. The minimum absolute atomic E-state index is 0.319. The highest BCUT2D eigenvalue weighted by Crippen LogP contribution is 2.18. The fourth-order valence-corrected chi connectivity index (χ4v) is 1.47. The molecule has 0 bridgehead atoms. The van der Waals surface area contributed by atoms with E-state index in [2.05, 4.69) is 18.6 Å². The summed E-state index contributed by atoms with van der Waals surface area (Å²) in [5.41, 5.74) is 8.13. The summed E-state index contributed by atoms with van der Waals surface area (Å²) in [6.45, 7) is 4.23. The van der Waals surface area contributed by atoms with E-state index in [9.17, 15) is 4.79 Å². The van der Waals surface area contributed by atoms with Gasteiger partial charge in [-0.3, -0.25) is 0 Å². The lowest BCUT2D eigenvalue weighted by molar-refractivity contribution is 0.0600. The molecule has 3 heteroatoms. The van der Waals surface area contributed by atoms with Crippen LogP contribution in [0.25, 0.3) is 0 Å². The molecule has 2 N–H and O–H groups in total. The molecule has 0 saturated heterocycles. The van der Waals surface area contributed by atoms with Crippen molar-refractivity contribution in [3.8, 4) is 0 Å². The molecule has 0 saturated carbocycles. The van der Waals surface area contributed by atoms with Gasteiger partial charge in [-0.05, 0) is 36.1 Å². The van der Waals surface area contributed by atoms with Crippen molar-refractivity contribution in [2.24, 2.45) is 5.92 Å². The topological polar surface area (TPSA) is 52.3 Å². The summed E-state index contributed by atoms with van der Waals surface area (Å²) < 4.78 is 4.66. The Hall–Kier alpha value is -1.51. The first-order valence-corrected chi connectivity index (χ1v) is 5.01. The number of carbonyl (C=O) groups excluding carboxylic acids is 1. The molecule has 0 aliphatic rings. The molecule has 0 fully saturated rings. The number of rotatable bonds is 3. The van der Waals surface area contributed by atoms with Crippen LogP contribution in [0.15, 0.2) is 18.2 Å². The van der Waals surface area contributed by atoms with Gasteiger partial charge in [-0.25, -0.2) is 4.79 Å². The number of esters is 1. The van der Waals surface area contributed by atoms with Crippen molar-refractivity contribution in [3.63, 3.8) is 0 Å². The average molecular weight is 207 g/mol. The second-order valence-corrected chi connectivity index (χ2v) is 4.00. The van der Waals surface area contributed by atoms with Gasteiger partial charge in [0, 0.05) is 5.69 Å². The Morgan fingerprint density at radius 1 is 1.47 bits per heavy atom. The molecule has 0 heterocycles. The van der Waals surface area contributed by atoms with E-state index < -0.39 is 0 Å². The van der Waals surface area contributed by atoms with Gasteiger partial charge in [0.15, 0.2) is 0 Å². The van der Waals surface area contributed by atoms with Crippen molar-refractivity contribution < 1.29 is 9.53 Å². The lowest BCUT2D eigenvalue weighted by atomic mass is 9.99. The first-order valence-electron chi connectivity index (χ1n) is 5.01. The Kier molecular flexibility index (Phi) is 3.72. The first kappa shape index (κ1) is 11.6. The Morgan fingerprint density at radius 2 is 2.13 bits per heavy atom. The fourth-order valence-electron chi connectivity index (χ4n) is 1.47. The smallest absolute Gasteiger partial charge is 0.337 e. The molecule has 1 aromatic rings. The predicted molar refractivity (Wildman–Crippen MR) is 60.7 cm³/mol. The maximum atomic E-state index is 11.3. The van der Waals surface area contributed by atoms with Crippen LogP contribution in [-0.2, 0) is 11.2 Å². The van der Waals surface area contributed by atoms with Gasteiger partial charge < -0.3 is 10.5 Å². The highest BCUT2D eigenvalue weighted by Gasteiger charge is 2.09. The molecule has 0 unspecified atom stereocenters. The molecule has 82 valence electrons. The minimum atomic E-state index is -0.319. The molecule has 15 heavy (non-hydrogen) atoms. The van der Waals surface area contributed by atoms with Gasteiger partial charge in [0.2, 0.25) is 0 Å². The molecule has 1 aromatic carbocycles. The average Bonchev–Trinajstić information content (AvgIpc) is 2.19. The van der Waals surface area contributed by atoms with Gasteiger partial charge in [0.25, 0.3) is 0 Å². The van der Waals surface area contributed by atoms with Crippen molar-refractivity contribution in [2.75, 3.05) is 12.8 Å². The summed E-state index contributed by atoms with van der Waals surface area (Å²) in [6.07, 6.45) is 0.872. The Morgan fingerprint density at radius 3 is 2.67 bits per heavy atom. The van der Waals surface area contributed by atoms with Crippen LogP contribution in [0.1, 0.15) is 29.8 Å². The summed E-state index contributed by atoms with van der Waals surface area (Å²) in [4.78, 5) is 11.3. The van der Waals surface area contributed by atoms with E-state index in [1.165, 1.54) is 7.11 Å². The van der Waals surface area contributed by atoms with Gasteiger partial charge in [-0.2, -0.15) is 0 Å². The quantitative estimate of drug-likeness (QED) is 0.611. The summed E-state index contributed by atoms with van der Waals surface area (Å²) in [6, 6.07) is 5.25. The van der Waals surface area contributed by atoms with Gasteiger partial charge >= 0.3 is 5.97 Å². The van der Waals surface area contributed by atoms with E-state index in [0.717, 1.165) is 17.7 Å². The number of hydrogen-bond donors (Lipinski definition) is 1. The molecule has 0 aromatic heterocycles. The number of nitrogen functional groups attached to an aromatic ring is 1. The van der Waals surface area contributed by atoms with Gasteiger partial charge in [-0.15, -0.1) is 0 Å². The monoisotopic (exact) mass is 207 g/mol. The number of ether oxygens (including phenoxy) is 1. The molecule has 0 aliphatic carbocycles. The lowest BCUT2D eigenvalue weighted by Gasteiger charge is -2.09. The maximum absolute atomic E-state index is 11.3. The van der Waals surface area contributed by atoms with Gasteiger partial charge in [-0.1, -0.05) is 13.8 Å². The molecule has 0 atom stereocenters. The van der Waals surface area contributed by atoms with Crippen LogP contribution in [-0.4, -0.2) is 13.1 Å². The van der Waals surface area contributed by atoms with E-state index in [4.69, 9.17) is 5.73 Å². The summed E-state index contributed by atoms with van der Waals surface area (Å²) in [5.74, 6) is 0.195. The number of benzene rings is 1. The van der Waals surface area contributed by atoms with Gasteiger partial charge in [0.05, 0.1) is 12.7 Å². The molecule has 0 spiro atoms. The summed E-state index contributed by atoms with van der Waals surface area (Å²) in [7, 11) is 1.38. The molecular formula is C12H17NO2. The van der Waals surface area contributed by atoms with E-state index >= 15 is 0 Å². The van der Waals surface area contributed by atoms with Crippen LogP contribution in [0.2, 0.25) is 0 Å². The highest BCUT2D eigenvalue weighted by molar-refractivity contribution is 5.90. The molecular weight excluding hydrogens is 190 g/mol. The van der Waals surface area contributed by atoms with Crippen molar-refractivity contribution in [2.45, 2.75) is 20.3 Å². The largest absolute Gasteiger partial charge is 0.465 e. The minimum Gasteiger partial charge on any atom is -0.465 e. The Bertz CT molecular complexity index is 359. The van der Waals surface area contributed by atoms with E-state index in [-0.39, 0.29) is 5.97 Å². The maximum Gasteiger partial charge on any atom is 0.337 e. The number of nitrogens with two attached hydrogens (primary N) is 1. The van der Waals surface area contributed by atoms with Crippen LogP contribution in [0.5, 0.6) is 0 Å². The molecule has 3 nitrogen and oxygen atoms in total. The van der Waals surface area contributed by atoms with Crippen molar-refractivity contribution >= 4 is 11.7 Å². The van der Waals surface area contributed by atoms with E-state index in [1.54, 1.807) is 18.2 Å². The second kappa shape index (κ2) is 4.82. The number of carbonyl (C=O) groups is 1. The van der Waals surface area contributed by atoms with Crippen molar-refractivity contribution in [1.82, 2.24) is 0 Å². The highest BCUT2D eigenvalue weighted by atomic mass is 16.5. The van der Waals surface area contributed by atoms with Crippen molar-refractivity contribution in [1.29, 1.82) is 0 Å². The SMILES string of the molecule is COC(=O)c1ccc(N)c(CC(C)C)c1. The molecule has 0 radical (unpaired) electrons.